The Hall–Kier alpha value is -8.21. The fourth-order valence-corrected chi connectivity index (χ4v) is 12.7. The Balaban J connectivity index is 4.57. The molecule has 40 N–H and O–H groups in total. The molecule has 1 aliphatic rings. The monoisotopic (exact) mass is 1870 g/mol. The second-order valence-corrected chi connectivity index (χ2v) is 29.7. The fourth-order valence-electron chi connectivity index (χ4n) is 12.7. The van der Waals surface area contributed by atoms with E-state index in [9.17, 15) is 231 Å². The molecule has 0 aromatic heterocycles. The zero-order valence-corrected chi connectivity index (χ0v) is 68.7. The molecule has 742 valence electrons. The highest BCUT2D eigenvalue weighted by atomic mass is 16.5. The van der Waals surface area contributed by atoms with E-state index in [1.807, 2.05) is 5.32 Å². The molecular weight excluding hydrogens is 1750 g/mol. The summed E-state index contributed by atoms with van der Waals surface area (Å²) in [6.07, 6.45) is -64.7. The van der Waals surface area contributed by atoms with E-state index in [0.29, 0.717) is 9.80 Å². The lowest BCUT2D eigenvalue weighted by atomic mass is 9.87. The predicted octanol–water partition coefficient (Wildman–Crippen LogP) is -26.2. The van der Waals surface area contributed by atoms with Gasteiger partial charge >= 0.3 is 23.9 Å². The van der Waals surface area contributed by atoms with E-state index in [1.165, 1.54) is 0 Å². The number of aliphatic carboxylic acids is 4. The Labute approximate surface area is 726 Å². The first-order valence-electron chi connectivity index (χ1n) is 39.4. The number of hydrogen-bond donors (Lipinski definition) is 40. The van der Waals surface area contributed by atoms with Gasteiger partial charge in [0.05, 0.1) is 46.1 Å². The van der Waals surface area contributed by atoms with Crippen LogP contribution < -0.4 is 31.9 Å². The minimum atomic E-state index is -2.75. The fraction of sp³-hybridized carbons (Fsp3) is 0.812. The second-order valence-electron chi connectivity index (χ2n) is 29.7. The number of carboxylic acid groups (broad SMARTS) is 4. The van der Waals surface area contributed by atoms with E-state index in [2.05, 4.69) is 26.6 Å². The minimum Gasteiger partial charge on any atom is -0.480 e. The largest absolute Gasteiger partial charge is 0.480 e. The molecule has 1 fully saturated rings. The molecule has 0 aliphatic carbocycles. The molecule has 1 aliphatic heterocycles. The Kier molecular flexibility index (Phi) is 53.9. The average molecular weight is 1870 g/mol. The third-order valence-electron chi connectivity index (χ3n) is 20.5. The van der Waals surface area contributed by atoms with Crippen LogP contribution in [0.2, 0.25) is 0 Å². The van der Waals surface area contributed by atoms with Crippen molar-refractivity contribution in [3.63, 3.8) is 0 Å². The summed E-state index contributed by atoms with van der Waals surface area (Å²) >= 11 is 0. The van der Waals surface area contributed by atoms with E-state index in [-0.39, 0.29) is 0 Å². The number of nitrogens with one attached hydrogen (secondary N) is 6. The van der Waals surface area contributed by atoms with E-state index in [4.69, 9.17) is 0 Å². The number of aliphatic hydroxyl groups excluding tert-OH is 29. The smallest absolute Gasteiger partial charge is 0.320 e. The standard InChI is InChI=1S/C69H124N12O47/c82-23-32(87)42(99)47(104)53(110)60(117)70-7-13-76(14-8-71-61(118)54(111)48(105)43(100)33(88)24-83)37(92)3-1-30(66(123)124)79-19-20-80(31(67(125)126)2-4-38(93)77(15-9-72-62(119)55(112)49(106)44(101)34(89)25-84)16-10-73-63(120)56(113)50(107)45(102)35(90)26-85)29-69(28-79,81(21-40(95)96)22-41(97)98)6-5-39(94)78(18-12-75-65(122)58(115)52(109)59(116)68(127)128)17-11-74-64(121)57(114)51(108)46(103)36(91)27-86/h30-36,42-59,68,82-91,99-116,127-128H,1-29H2,(H,70,117)(H,71,118)(H,72,119)(H,73,120)(H,74,121)(H,75,122)(H,95,96)(H,97,98)(H,123,124)(H,125,126). The van der Waals surface area contributed by atoms with Gasteiger partial charge in [0.25, 0.3) is 35.4 Å². The summed E-state index contributed by atoms with van der Waals surface area (Å²) in [5, 5.41) is 356. The van der Waals surface area contributed by atoms with Gasteiger partial charge < -0.3 is 220 Å². The van der Waals surface area contributed by atoms with Crippen molar-refractivity contribution in [2.75, 3.05) is 151 Å². The summed E-state index contributed by atoms with van der Waals surface area (Å²) in [5.74, 6) is -20.5. The molecule has 0 radical (unpaired) electrons. The Morgan fingerprint density at radius 1 is 0.289 bits per heavy atom. The predicted molar refractivity (Wildman–Crippen MR) is 413 cm³/mol. The average Bonchev–Trinajstić information content (AvgIpc) is 1.63. The van der Waals surface area contributed by atoms with Crippen LogP contribution in [0, 0.1) is 0 Å². The number of aliphatic hydroxyl groups is 30. The molecule has 128 heavy (non-hydrogen) atoms. The zero-order chi connectivity index (χ0) is 98.2. The normalized spacial score (nSPS) is 20.0. The molecule has 1 heterocycles. The van der Waals surface area contributed by atoms with Crippen LogP contribution in [0.1, 0.15) is 38.5 Å². The number of carbonyl (C=O) groups excluding carboxylic acids is 9. The molecule has 9 amide bonds. The van der Waals surface area contributed by atoms with Crippen LogP contribution in [-0.2, 0) is 62.3 Å². The third-order valence-corrected chi connectivity index (χ3v) is 20.5. The van der Waals surface area contributed by atoms with Crippen molar-refractivity contribution in [3.8, 4) is 0 Å². The molecule has 0 saturated carbocycles. The van der Waals surface area contributed by atoms with Crippen LogP contribution in [0.25, 0.3) is 0 Å². The number of nitrogens with zero attached hydrogens (tertiary/aromatic N) is 6. The quantitative estimate of drug-likeness (QED) is 0.0251. The van der Waals surface area contributed by atoms with E-state index < -0.39 is 431 Å². The van der Waals surface area contributed by atoms with Crippen molar-refractivity contribution < 1.29 is 236 Å². The lowest BCUT2D eigenvalue weighted by Gasteiger charge is -2.47. The SMILES string of the molecule is O=C(O)CN(CC(=O)O)C1(CCC(=O)N(CCNC(=O)C(O)C(O)C(O)C(O)O)CCNC(=O)C(O)C(O)C(O)C(O)CO)CN(C(CCC(=O)N(CCNC(=O)C(O)C(O)C(O)C(O)CO)CCNC(=O)C(O)C(O)C(O)C(O)CO)C(=O)O)CCN(C(CCC(=O)N(CCNC(=O)C(O)C(O)C(O)C(O)CO)CCNC(=O)C(O)C(O)C(O)C(O)CO)C(=O)O)C1. The summed E-state index contributed by atoms with van der Waals surface area (Å²) in [5.41, 5.74) is -2.56. The first-order valence-corrected chi connectivity index (χ1v) is 39.4. The number of hydrogen-bond acceptors (Lipinski definition) is 46. The lowest BCUT2D eigenvalue weighted by Crippen LogP contribution is -2.64. The first-order chi connectivity index (χ1) is 59.7. The first kappa shape index (κ1) is 118. The van der Waals surface area contributed by atoms with E-state index in [1.54, 1.807) is 0 Å². The molecular formula is C69H124N12O47. The molecule has 59 nitrogen and oxygen atoms in total. The molecule has 1 saturated heterocycles. The third kappa shape index (κ3) is 37.6. The molecule has 25 atom stereocenters. The van der Waals surface area contributed by atoms with Crippen molar-refractivity contribution in [2.45, 2.75) is 203 Å². The summed E-state index contributed by atoms with van der Waals surface area (Å²) in [7, 11) is 0. The molecule has 0 spiro atoms. The van der Waals surface area contributed by atoms with Gasteiger partial charge in [0, 0.05) is 130 Å². The maximum absolute atomic E-state index is 15.1. The van der Waals surface area contributed by atoms with Crippen LogP contribution in [0.3, 0.4) is 0 Å². The number of rotatable bonds is 65. The van der Waals surface area contributed by atoms with Crippen LogP contribution in [0.4, 0.5) is 0 Å². The van der Waals surface area contributed by atoms with Gasteiger partial charge in [-0.3, -0.25) is 77.0 Å². The maximum Gasteiger partial charge on any atom is 0.320 e. The summed E-state index contributed by atoms with van der Waals surface area (Å²) < 4.78 is 0. The Morgan fingerprint density at radius 2 is 0.492 bits per heavy atom. The topological polar surface area (TPSA) is 1000 Å². The van der Waals surface area contributed by atoms with Gasteiger partial charge in [-0.25, -0.2) is 0 Å². The van der Waals surface area contributed by atoms with Crippen LogP contribution in [0.5, 0.6) is 0 Å². The maximum atomic E-state index is 15.1. The van der Waals surface area contributed by atoms with Crippen molar-refractivity contribution in [3.05, 3.63) is 0 Å². The summed E-state index contributed by atoms with van der Waals surface area (Å²) in [6.45, 7) is -22.2. The van der Waals surface area contributed by atoms with Gasteiger partial charge in [0.15, 0.2) is 42.9 Å². The van der Waals surface area contributed by atoms with E-state index in [0.717, 1.165) is 19.6 Å². The van der Waals surface area contributed by atoms with Crippen molar-refractivity contribution >= 4 is 77.0 Å². The van der Waals surface area contributed by atoms with Gasteiger partial charge in [-0.05, 0) is 19.3 Å². The van der Waals surface area contributed by atoms with Crippen LogP contribution in [0.15, 0.2) is 0 Å². The van der Waals surface area contributed by atoms with Crippen molar-refractivity contribution in [1.29, 1.82) is 0 Å². The Bertz CT molecular complexity index is 3200. The van der Waals surface area contributed by atoms with Crippen LogP contribution in [-0.4, -0.2) is 595 Å². The highest BCUT2D eigenvalue weighted by Gasteiger charge is 2.49. The van der Waals surface area contributed by atoms with Crippen molar-refractivity contribution in [2.24, 2.45) is 0 Å². The molecule has 25 unspecified atom stereocenters. The van der Waals surface area contributed by atoms with Crippen LogP contribution >= 0.6 is 0 Å². The van der Waals surface area contributed by atoms with Crippen molar-refractivity contribution in [1.82, 2.24) is 61.3 Å². The molecule has 59 heteroatoms. The Morgan fingerprint density at radius 3 is 0.680 bits per heavy atom. The number of carboxylic acids is 4. The molecule has 0 aromatic carbocycles. The number of amides is 9. The lowest BCUT2D eigenvalue weighted by molar-refractivity contribution is -0.180. The van der Waals surface area contributed by atoms with Gasteiger partial charge in [0.2, 0.25) is 17.7 Å². The molecule has 0 bridgehead atoms. The molecule has 0 aromatic rings. The van der Waals surface area contributed by atoms with Gasteiger partial charge in [-0.15, -0.1) is 0 Å². The van der Waals surface area contributed by atoms with Gasteiger partial charge in [-0.2, -0.15) is 0 Å². The summed E-state index contributed by atoms with van der Waals surface area (Å²) in [6, 6.07) is -4.35. The zero-order valence-electron chi connectivity index (χ0n) is 68.7. The van der Waals surface area contributed by atoms with Gasteiger partial charge in [0.1, 0.15) is 116 Å². The minimum absolute atomic E-state index is 0.608. The molecule has 1 rings (SSSR count). The second kappa shape index (κ2) is 58.5. The van der Waals surface area contributed by atoms with Gasteiger partial charge in [-0.1, -0.05) is 0 Å². The highest BCUT2D eigenvalue weighted by Crippen LogP contribution is 2.32. The highest BCUT2D eigenvalue weighted by molar-refractivity contribution is 5.85. The summed E-state index contributed by atoms with van der Waals surface area (Å²) in [4.78, 5) is 182. The number of carbonyl (C=O) groups is 13. The van der Waals surface area contributed by atoms with E-state index >= 15 is 4.79 Å².